The van der Waals surface area contributed by atoms with Crippen LogP contribution < -0.4 is 5.56 Å². The molecule has 0 fully saturated rings. The Labute approximate surface area is 197 Å². The van der Waals surface area contributed by atoms with E-state index in [0.717, 1.165) is 31.8 Å². The number of nitrogens with one attached hydrogen (secondary N) is 1. The second-order valence-corrected chi connectivity index (χ2v) is 9.92. The van der Waals surface area contributed by atoms with E-state index in [1.807, 2.05) is 6.07 Å². The Hall–Kier alpha value is -4.21. The van der Waals surface area contributed by atoms with Crippen molar-refractivity contribution in [3.63, 3.8) is 0 Å². The Morgan fingerprint density at radius 3 is 1.50 bits per heavy atom. The summed E-state index contributed by atoms with van der Waals surface area (Å²) < 4.78 is 1.98. The minimum absolute atomic E-state index is 0.0164. The third kappa shape index (κ3) is 2.17. The smallest absolute Gasteiger partial charge is 0.266 e. The zero-order chi connectivity index (χ0) is 22.4. The van der Waals surface area contributed by atoms with E-state index in [2.05, 4.69) is 96.0 Å². The lowest BCUT2D eigenvalue weighted by molar-refractivity contribution is 1.37. The molecule has 2 nitrogen and oxygen atoms in total. The molecule has 0 unspecified atom stereocenters. The molecule has 3 heteroatoms. The molecule has 8 aromatic rings. The van der Waals surface area contributed by atoms with Crippen LogP contribution in [0.2, 0.25) is 0 Å². The van der Waals surface area contributed by atoms with Crippen molar-refractivity contribution in [3.05, 3.63) is 107 Å². The Morgan fingerprint density at radius 1 is 0.441 bits per heavy atom. The third-order valence-corrected chi connectivity index (χ3v) is 8.42. The van der Waals surface area contributed by atoms with Crippen molar-refractivity contribution in [1.29, 1.82) is 0 Å². The Morgan fingerprint density at radius 2 is 0.882 bits per heavy atom. The van der Waals surface area contributed by atoms with Crippen LogP contribution in [0.1, 0.15) is 0 Å². The summed E-state index contributed by atoms with van der Waals surface area (Å²) in [7, 11) is 0. The maximum atomic E-state index is 13.6. The molecule has 6 aromatic carbocycles. The van der Waals surface area contributed by atoms with Crippen LogP contribution in [-0.4, -0.2) is 4.98 Å². The van der Waals surface area contributed by atoms with Gasteiger partial charge in [0.05, 0.1) is 5.52 Å². The average Bonchev–Trinajstić information content (AvgIpc) is 3.31. The number of H-pyrrole nitrogens is 1. The molecule has 0 radical (unpaired) electrons. The van der Waals surface area contributed by atoms with Gasteiger partial charge in [-0.25, -0.2) is 0 Å². The fourth-order valence-corrected chi connectivity index (χ4v) is 7.09. The lowest BCUT2D eigenvalue weighted by atomic mass is 9.92. The van der Waals surface area contributed by atoms with Gasteiger partial charge in [-0.15, -0.1) is 11.3 Å². The highest BCUT2D eigenvalue weighted by molar-refractivity contribution is 7.27. The van der Waals surface area contributed by atoms with Crippen molar-refractivity contribution in [1.82, 2.24) is 4.98 Å². The minimum Gasteiger partial charge on any atom is -0.320 e. The van der Waals surface area contributed by atoms with Crippen LogP contribution in [0.3, 0.4) is 0 Å². The molecule has 0 atom stereocenters. The molecule has 8 rings (SSSR count). The summed E-state index contributed by atoms with van der Waals surface area (Å²) in [5.41, 5.74) is 0.904. The fraction of sp³-hybridized carbons (Fsp3) is 0. The van der Waals surface area contributed by atoms with Gasteiger partial charge in [-0.1, -0.05) is 97.1 Å². The van der Waals surface area contributed by atoms with E-state index < -0.39 is 0 Å². The third-order valence-electron chi connectivity index (χ3n) is 7.19. The van der Waals surface area contributed by atoms with Crippen molar-refractivity contribution in [2.24, 2.45) is 0 Å². The lowest BCUT2D eigenvalue weighted by Gasteiger charge is -2.12. The van der Waals surface area contributed by atoms with E-state index in [1.165, 1.54) is 42.4 Å². The van der Waals surface area contributed by atoms with Crippen LogP contribution in [-0.2, 0) is 0 Å². The van der Waals surface area contributed by atoms with E-state index in [9.17, 15) is 4.79 Å². The Balaban J connectivity index is 1.82. The molecule has 158 valence electrons. The lowest BCUT2D eigenvalue weighted by Crippen LogP contribution is -2.05. The molecular formula is C31H17NOS. The SMILES string of the molecule is O=c1[nH]c2c3ccccc3c3ccccc3c2c2c1sc1c3ccccc3c3ccccc3c12. The van der Waals surface area contributed by atoms with Crippen LogP contribution in [0.25, 0.3) is 74.2 Å². The normalized spacial score (nSPS) is 12.2. The molecule has 2 heterocycles. The van der Waals surface area contributed by atoms with Gasteiger partial charge in [-0.2, -0.15) is 0 Å². The van der Waals surface area contributed by atoms with Gasteiger partial charge in [-0.05, 0) is 32.3 Å². The van der Waals surface area contributed by atoms with Crippen molar-refractivity contribution in [3.8, 4) is 0 Å². The highest BCUT2D eigenvalue weighted by atomic mass is 32.1. The van der Waals surface area contributed by atoms with Crippen molar-refractivity contribution in [2.45, 2.75) is 0 Å². The van der Waals surface area contributed by atoms with Crippen LogP contribution >= 0.6 is 11.3 Å². The summed E-state index contributed by atoms with van der Waals surface area (Å²) in [6.07, 6.45) is 0. The molecule has 0 bridgehead atoms. The molecule has 34 heavy (non-hydrogen) atoms. The number of thiophene rings is 1. The monoisotopic (exact) mass is 451 g/mol. The summed E-state index contributed by atoms with van der Waals surface area (Å²) in [4.78, 5) is 16.8. The second-order valence-electron chi connectivity index (χ2n) is 8.90. The number of pyridine rings is 1. The van der Waals surface area contributed by atoms with Gasteiger partial charge in [0.1, 0.15) is 4.70 Å². The number of hydrogen-bond acceptors (Lipinski definition) is 2. The maximum absolute atomic E-state index is 13.6. The molecule has 0 saturated heterocycles. The number of benzene rings is 6. The summed E-state index contributed by atoms with van der Waals surface area (Å²) >= 11 is 1.62. The number of rotatable bonds is 0. The fourth-order valence-electron chi connectivity index (χ4n) is 5.83. The minimum atomic E-state index is -0.0164. The quantitative estimate of drug-likeness (QED) is 0.230. The Bertz CT molecular complexity index is 2200. The highest BCUT2D eigenvalue weighted by Crippen LogP contribution is 2.47. The van der Waals surface area contributed by atoms with Gasteiger partial charge in [0.2, 0.25) is 0 Å². The van der Waals surface area contributed by atoms with E-state index in [0.29, 0.717) is 0 Å². The predicted molar refractivity (Wildman–Crippen MR) is 147 cm³/mol. The summed E-state index contributed by atoms with van der Waals surface area (Å²) in [6.45, 7) is 0. The first-order valence-electron chi connectivity index (χ1n) is 11.4. The molecular weight excluding hydrogens is 434 g/mol. The molecule has 0 aliphatic carbocycles. The van der Waals surface area contributed by atoms with Crippen LogP contribution in [0.5, 0.6) is 0 Å². The Kier molecular flexibility index (Phi) is 3.45. The van der Waals surface area contributed by atoms with Gasteiger partial charge in [0, 0.05) is 31.6 Å². The van der Waals surface area contributed by atoms with Gasteiger partial charge >= 0.3 is 0 Å². The topological polar surface area (TPSA) is 32.9 Å². The summed E-state index contributed by atoms with van der Waals surface area (Å²) in [5, 5.41) is 12.9. The molecule has 2 aromatic heterocycles. The molecule has 0 saturated carbocycles. The molecule has 0 spiro atoms. The standard InChI is InChI=1S/C31H17NOS/c33-31-30-27(25-21-13-5-1-9-17(21)19-11-3-7-15-23(19)28(25)32-31)26-22-14-6-2-10-18(22)20-12-4-8-16-24(20)29(26)34-30/h1-16H,(H,32,33). The van der Waals surface area contributed by atoms with Gasteiger partial charge in [0.25, 0.3) is 5.56 Å². The number of aromatic nitrogens is 1. The van der Waals surface area contributed by atoms with Crippen molar-refractivity contribution >= 4 is 85.5 Å². The molecule has 0 aliphatic rings. The van der Waals surface area contributed by atoms with Gasteiger partial charge in [-0.3, -0.25) is 4.79 Å². The van der Waals surface area contributed by atoms with Gasteiger partial charge < -0.3 is 4.98 Å². The second kappa shape index (κ2) is 6.43. The van der Waals surface area contributed by atoms with E-state index in [4.69, 9.17) is 0 Å². The molecule has 0 amide bonds. The van der Waals surface area contributed by atoms with Crippen molar-refractivity contribution < 1.29 is 0 Å². The maximum Gasteiger partial charge on any atom is 0.266 e. The first-order valence-corrected chi connectivity index (χ1v) is 12.2. The summed E-state index contributed by atoms with van der Waals surface area (Å²) in [5.74, 6) is 0. The average molecular weight is 452 g/mol. The highest BCUT2D eigenvalue weighted by Gasteiger charge is 2.20. The largest absolute Gasteiger partial charge is 0.320 e. The zero-order valence-electron chi connectivity index (χ0n) is 18.1. The van der Waals surface area contributed by atoms with Gasteiger partial charge in [0.15, 0.2) is 0 Å². The number of aromatic amines is 1. The first-order chi connectivity index (χ1) is 16.8. The van der Waals surface area contributed by atoms with Crippen LogP contribution in [0.15, 0.2) is 102 Å². The molecule has 0 aliphatic heterocycles. The van der Waals surface area contributed by atoms with Crippen molar-refractivity contribution in [2.75, 3.05) is 0 Å². The van der Waals surface area contributed by atoms with Crippen LogP contribution in [0, 0.1) is 0 Å². The number of fused-ring (bicyclic) bond motifs is 15. The first kappa shape index (κ1) is 18.2. The van der Waals surface area contributed by atoms with E-state index >= 15 is 0 Å². The number of hydrogen-bond donors (Lipinski definition) is 1. The zero-order valence-corrected chi connectivity index (χ0v) is 18.9. The summed E-state index contributed by atoms with van der Waals surface area (Å²) in [6, 6.07) is 34.1. The predicted octanol–water partition coefficient (Wildman–Crippen LogP) is 8.51. The van der Waals surface area contributed by atoms with E-state index in [1.54, 1.807) is 11.3 Å². The van der Waals surface area contributed by atoms with E-state index in [-0.39, 0.29) is 5.56 Å². The van der Waals surface area contributed by atoms with Crippen LogP contribution in [0.4, 0.5) is 0 Å². The molecule has 1 N–H and O–H groups in total.